The highest BCUT2D eigenvalue weighted by Gasteiger charge is 2.25. The highest BCUT2D eigenvalue weighted by Crippen LogP contribution is 2.25. The third kappa shape index (κ3) is 4.51. The molecule has 1 aromatic rings. The third-order valence-electron chi connectivity index (χ3n) is 2.47. The van der Waals surface area contributed by atoms with Gasteiger partial charge in [-0.3, -0.25) is 10.1 Å². The molecule has 0 aliphatic carbocycles. The molecule has 1 heterocycles. The van der Waals surface area contributed by atoms with Crippen LogP contribution in [0.25, 0.3) is 0 Å². The Morgan fingerprint density at radius 1 is 1.72 bits per heavy atom. The van der Waals surface area contributed by atoms with Gasteiger partial charge in [0.1, 0.15) is 5.54 Å². The zero-order valence-corrected chi connectivity index (χ0v) is 11.7. The zero-order valence-electron chi connectivity index (χ0n) is 10.9. The van der Waals surface area contributed by atoms with Crippen LogP contribution in [0.15, 0.2) is 22.2 Å². The average molecular weight is 266 g/mol. The molecule has 0 radical (unpaired) electrons. The maximum atomic E-state index is 11.1. The van der Waals surface area contributed by atoms with Gasteiger partial charge in [0, 0.05) is 17.5 Å². The second-order valence-corrected chi connectivity index (χ2v) is 5.77. The Bertz CT molecular complexity index is 481. The zero-order chi connectivity index (χ0) is 13.6. The lowest BCUT2D eigenvalue weighted by atomic mass is 9.98. The maximum Gasteiger partial charge on any atom is 0.251 e. The largest absolute Gasteiger partial charge is 0.301 e. The van der Waals surface area contributed by atoms with E-state index in [9.17, 15) is 10.1 Å². The number of nitrogens with zero attached hydrogens (tertiary/aromatic N) is 2. The molecule has 0 bridgehead atoms. The smallest absolute Gasteiger partial charge is 0.251 e. The van der Waals surface area contributed by atoms with Crippen LogP contribution in [0.1, 0.15) is 27.2 Å². The van der Waals surface area contributed by atoms with Crippen molar-refractivity contribution in [3.63, 3.8) is 0 Å². The fraction of sp³-hybridized carbons (Fsp3) is 0.583. The number of aromatic amines is 1. The van der Waals surface area contributed by atoms with Gasteiger partial charge >= 0.3 is 0 Å². The number of nitriles is 1. The van der Waals surface area contributed by atoms with Gasteiger partial charge in [0.05, 0.1) is 6.07 Å². The van der Waals surface area contributed by atoms with Crippen molar-refractivity contribution in [1.29, 1.82) is 5.26 Å². The minimum Gasteiger partial charge on any atom is -0.301 e. The van der Waals surface area contributed by atoms with Crippen LogP contribution >= 0.6 is 11.8 Å². The SMILES string of the molecule is CCNC(C)(C#N)CC(C)Sc1nccc(=O)[nH]1. The van der Waals surface area contributed by atoms with Crippen LogP contribution in [-0.4, -0.2) is 27.3 Å². The lowest BCUT2D eigenvalue weighted by Crippen LogP contribution is -2.42. The lowest BCUT2D eigenvalue weighted by Gasteiger charge is -2.25. The molecule has 2 atom stereocenters. The van der Waals surface area contributed by atoms with Gasteiger partial charge in [0.2, 0.25) is 0 Å². The highest BCUT2D eigenvalue weighted by molar-refractivity contribution is 7.99. The second-order valence-electron chi connectivity index (χ2n) is 4.35. The van der Waals surface area contributed by atoms with Crippen LogP contribution in [-0.2, 0) is 0 Å². The van der Waals surface area contributed by atoms with Gasteiger partial charge in [-0.15, -0.1) is 0 Å². The molecule has 0 fully saturated rings. The molecule has 1 aromatic heterocycles. The summed E-state index contributed by atoms with van der Waals surface area (Å²) in [6.45, 7) is 6.63. The van der Waals surface area contributed by atoms with Gasteiger partial charge in [-0.05, 0) is 19.9 Å². The number of nitrogens with one attached hydrogen (secondary N) is 2. The first kappa shape index (κ1) is 14.7. The summed E-state index contributed by atoms with van der Waals surface area (Å²) >= 11 is 1.47. The predicted octanol–water partition coefficient (Wildman–Crippen LogP) is 1.53. The molecule has 0 spiro atoms. The summed E-state index contributed by atoms with van der Waals surface area (Å²) in [6, 6.07) is 3.67. The van der Waals surface area contributed by atoms with Crippen LogP contribution in [0.5, 0.6) is 0 Å². The highest BCUT2D eigenvalue weighted by atomic mass is 32.2. The Balaban J connectivity index is 2.64. The Hall–Kier alpha value is -1.32. The van der Waals surface area contributed by atoms with Crippen molar-refractivity contribution < 1.29 is 0 Å². The van der Waals surface area contributed by atoms with Crippen LogP contribution in [0.3, 0.4) is 0 Å². The summed E-state index contributed by atoms with van der Waals surface area (Å²) in [4.78, 5) is 17.9. The van der Waals surface area contributed by atoms with E-state index in [2.05, 4.69) is 21.4 Å². The summed E-state index contributed by atoms with van der Waals surface area (Å²) in [5, 5.41) is 13.1. The van der Waals surface area contributed by atoms with Gasteiger partial charge in [0.15, 0.2) is 5.16 Å². The van der Waals surface area contributed by atoms with E-state index >= 15 is 0 Å². The minimum atomic E-state index is -0.545. The lowest BCUT2D eigenvalue weighted by molar-refractivity contribution is 0.429. The van der Waals surface area contributed by atoms with E-state index in [-0.39, 0.29) is 10.8 Å². The molecule has 2 N–H and O–H groups in total. The van der Waals surface area contributed by atoms with Gasteiger partial charge in [0.25, 0.3) is 5.56 Å². The summed E-state index contributed by atoms with van der Waals surface area (Å²) in [7, 11) is 0. The molecule has 98 valence electrons. The van der Waals surface area contributed by atoms with Crippen LogP contribution < -0.4 is 10.9 Å². The topological polar surface area (TPSA) is 81.6 Å². The molecule has 0 aromatic carbocycles. The normalized spacial score (nSPS) is 15.7. The van der Waals surface area contributed by atoms with E-state index in [1.165, 1.54) is 24.0 Å². The van der Waals surface area contributed by atoms with Crippen LogP contribution in [0, 0.1) is 11.3 Å². The summed E-state index contributed by atoms with van der Waals surface area (Å²) in [6.07, 6.45) is 2.17. The molecule has 6 heteroatoms. The molecule has 0 saturated heterocycles. The van der Waals surface area contributed by atoms with E-state index in [1.54, 1.807) is 0 Å². The first-order valence-corrected chi connectivity index (χ1v) is 6.75. The molecule has 2 unspecified atom stereocenters. The molecular formula is C12H18N4OS. The van der Waals surface area contributed by atoms with Crippen LogP contribution in [0.4, 0.5) is 0 Å². The first-order chi connectivity index (χ1) is 8.49. The third-order valence-corrected chi connectivity index (χ3v) is 3.47. The molecule has 0 amide bonds. The van der Waals surface area contributed by atoms with Gasteiger partial charge in [-0.2, -0.15) is 5.26 Å². The van der Waals surface area contributed by atoms with E-state index in [4.69, 9.17) is 0 Å². The standard InChI is InChI=1S/C12H18N4OS/c1-4-15-12(3,8-13)7-9(2)18-11-14-6-5-10(17)16-11/h5-6,9,15H,4,7H2,1-3H3,(H,14,16,17). The maximum absolute atomic E-state index is 11.1. The Kier molecular flexibility index (Phi) is 5.38. The minimum absolute atomic E-state index is 0.158. The molecule has 18 heavy (non-hydrogen) atoms. The van der Waals surface area contributed by atoms with E-state index in [0.717, 1.165) is 6.54 Å². The summed E-state index contributed by atoms with van der Waals surface area (Å²) < 4.78 is 0. The summed E-state index contributed by atoms with van der Waals surface area (Å²) in [5.74, 6) is 0. The predicted molar refractivity (Wildman–Crippen MR) is 72.5 cm³/mol. The van der Waals surface area contributed by atoms with Gasteiger partial charge in [-0.1, -0.05) is 25.6 Å². The summed E-state index contributed by atoms with van der Waals surface area (Å²) in [5.41, 5.74) is -0.703. The Morgan fingerprint density at radius 3 is 3.00 bits per heavy atom. The Morgan fingerprint density at radius 2 is 2.44 bits per heavy atom. The fourth-order valence-corrected chi connectivity index (χ4v) is 2.85. The molecule has 0 aliphatic heterocycles. The number of hydrogen-bond donors (Lipinski definition) is 2. The monoisotopic (exact) mass is 266 g/mol. The number of aromatic nitrogens is 2. The van der Waals surface area contributed by atoms with E-state index < -0.39 is 5.54 Å². The molecule has 5 nitrogen and oxygen atoms in total. The van der Waals surface area contributed by atoms with Crippen molar-refractivity contribution in [1.82, 2.24) is 15.3 Å². The van der Waals surface area contributed by atoms with Crippen molar-refractivity contribution in [2.24, 2.45) is 0 Å². The molecular weight excluding hydrogens is 248 g/mol. The van der Waals surface area contributed by atoms with Crippen molar-refractivity contribution in [3.8, 4) is 6.07 Å². The van der Waals surface area contributed by atoms with Crippen molar-refractivity contribution in [2.75, 3.05) is 6.54 Å². The van der Waals surface area contributed by atoms with Gasteiger partial charge < -0.3 is 4.98 Å². The number of H-pyrrole nitrogens is 1. The quantitative estimate of drug-likeness (QED) is 0.603. The van der Waals surface area contributed by atoms with Crippen molar-refractivity contribution in [3.05, 3.63) is 22.6 Å². The number of hydrogen-bond acceptors (Lipinski definition) is 5. The van der Waals surface area contributed by atoms with Crippen molar-refractivity contribution in [2.45, 2.75) is 43.1 Å². The Labute approximate surface area is 111 Å². The molecule has 0 aliphatic rings. The first-order valence-electron chi connectivity index (χ1n) is 5.87. The van der Waals surface area contributed by atoms with Crippen LogP contribution in [0.2, 0.25) is 0 Å². The molecule has 0 saturated carbocycles. The average Bonchev–Trinajstić information content (AvgIpc) is 2.29. The second kappa shape index (κ2) is 6.57. The fourth-order valence-electron chi connectivity index (χ4n) is 1.77. The van der Waals surface area contributed by atoms with E-state index in [0.29, 0.717) is 11.6 Å². The van der Waals surface area contributed by atoms with E-state index in [1.807, 2.05) is 20.8 Å². The number of rotatable bonds is 6. The number of thioether (sulfide) groups is 1. The molecule has 1 rings (SSSR count). The van der Waals surface area contributed by atoms with Crippen molar-refractivity contribution >= 4 is 11.8 Å². The van der Waals surface area contributed by atoms with Gasteiger partial charge in [-0.25, -0.2) is 4.98 Å².